The van der Waals surface area contributed by atoms with Gasteiger partial charge in [0, 0.05) is 45.3 Å². The molecule has 2 aromatic heterocycles. The number of pyridine rings is 1. The minimum Gasteiger partial charge on any atom is -0.482 e. The molecule has 122 valence electrons. The van der Waals surface area contributed by atoms with Crippen molar-refractivity contribution >= 4 is 5.91 Å². The maximum absolute atomic E-state index is 12.4. The van der Waals surface area contributed by atoms with E-state index in [-0.39, 0.29) is 18.6 Å². The van der Waals surface area contributed by atoms with Crippen LogP contribution in [0.1, 0.15) is 11.9 Å². The van der Waals surface area contributed by atoms with E-state index in [0.717, 1.165) is 12.4 Å². The molecule has 0 spiro atoms. The fraction of sp³-hybridized carbons (Fsp3) is 0.438. The van der Waals surface area contributed by atoms with Crippen LogP contribution < -0.4 is 4.74 Å². The largest absolute Gasteiger partial charge is 0.482 e. The molecule has 0 radical (unpaired) electrons. The summed E-state index contributed by atoms with van der Waals surface area (Å²) in [5, 5.41) is 0. The number of likely N-dealkylation sites (N-methyl/N-ethyl adjacent to an activating group) is 1. The molecule has 1 amide bonds. The first kappa shape index (κ1) is 15.5. The zero-order chi connectivity index (χ0) is 16.2. The van der Waals surface area contributed by atoms with Gasteiger partial charge in [-0.25, -0.2) is 4.98 Å². The molecular weight excluding hydrogens is 294 g/mol. The monoisotopic (exact) mass is 315 g/mol. The van der Waals surface area contributed by atoms with Crippen molar-refractivity contribution in [2.24, 2.45) is 7.05 Å². The molecule has 1 saturated heterocycles. The highest BCUT2D eigenvalue weighted by Crippen LogP contribution is 2.22. The lowest BCUT2D eigenvalue weighted by molar-refractivity contribution is -0.136. The van der Waals surface area contributed by atoms with Gasteiger partial charge in [-0.05, 0) is 19.2 Å². The lowest BCUT2D eigenvalue weighted by Crippen LogP contribution is -2.50. The van der Waals surface area contributed by atoms with Gasteiger partial charge in [0.1, 0.15) is 11.6 Å². The van der Waals surface area contributed by atoms with Gasteiger partial charge in [0.15, 0.2) is 6.61 Å². The van der Waals surface area contributed by atoms with Crippen molar-refractivity contribution in [2.45, 2.75) is 6.04 Å². The first-order valence-electron chi connectivity index (χ1n) is 7.63. The Morgan fingerprint density at radius 2 is 2.22 bits per heavy atom. The van der Waals surface area contributed by atoms with Crippen LogP contribution in [0.15, 0.2) is 36.9 Å². The van der Waals surface area contributed by atoms with E-state index in [4.69, 9.17) is 4.74 Å². The molecule has 0 N–H and O–H groups in total. The first-order valence-corrected chi connectivity index (χ1v) is 7.63. The second kappa shape index (κ2) is 6.78. The number of ether oxygens (including phenoxy) is 1. The number of hydrogen-bond acceptors (Lipinski definition) is 5. The van der Waals surface area contributed by atoms with Crippen molar-refractivity contribution in [3.63, 3.8) is 0 Å². The number of nitrogens with zero attached hydrogens (tertiary/aromatic N) is 5. The van der Waals surface area contributed by atoms with E-state index in [2.05, 4.69) is 21.9 Å². The van der Waals surface area contributed by atoms with E-state index in [0.29, 0.717) is 18.8 Å². The molecule has 0 bridgehead atoms. The second-order valence-electron chi connectivity index (χ2n) is 5.71. The molecule has 3 heterocycles. The molecule has 23 heavy (non-hydrogen) atoms. The fourth-order valence-corrected chi connectivity index (χ4v) is 2.75. The van der Waals surface area contributed by atoms with Crippen molar-refractivity contribution in [3.8, 4) is 5.75 Å². The van der Waals surface area contributed by atoms with E-state index in [1.807, 2.05) is 22.7 Å². The summed E-state index contributed by atoms with van der Waals surface area (Å²) in [6.45, 7) is 2.17. The summed E-state index contributed by atoms with van der Waals surface area (Å²) in [7, 11) is 4.04. The minimum absolute atomic E-state index is 0.0128. The maximum atomic E-state index is 12.4. The predicted octanol–water partition coefficient (Wildman–Crippen LogP) is 0.709. The van der Waals surface area contributed by atoms with Crippen LogP contribution >= 0.6 is 0 Å². The fourth-order valence-electron chi connectivity index (χ4n) is 2.75. The number of amides is 1. The standard InChI is InChI=1S/C16H21N5O2/c1-19-8-9-21(11-14(19)16-18-6-7-20(16)2)15(22)12-23-13-4-3-5-17-10-13/h3-7,10,14H,8-9,11-12H2,1-2H3. The van der Waals surface area contributed by atoms with Gasteiger partial charge in [-0.15, -0.1) is 0 Å². The number of rotatable bonds is 4. The lowest BCUT2D eigenvalue weighted by Gasteiger charge is -2.38. The normalized spacial score (nSPS) is 18.9. The van der Waals surface area contributed by atoms with E-state index >= 15 is 0 Å². The van der Waals surface area contributed by atoms with Crippen LogP contribution in [0.2, 0.25) is 0 Å². The highest BCUT2D eigenvalue weighted by molar-refractivity contribution is 5.78. The summed E-state index contributed by atoms with van der Waals surface area (Å²) in [5.74, 6) is 1.56. The summed E-state index contributed by atoms with van der Waals surface area (Å²) in [4.78, 5) is 24.9. The van der Waals surface area contributed by atoms with Crippen molar-refractivity contribution in [1.82, 2.24) is 24.3 Å². The third-order valence-corrected chi connectivity index (χ3v) is 4.15. The van der Waals surface area contributed by atoms with Crippen LogP contribution in [-0.2, 0) is 11.8 Å². The van der Waals surface area contributed by atoms with Crippen LogP contribution in [0.25, 0.3) is 0 Å². The number of aromatic nitrogens is 3. The summed E-state index contributed by atoms with van der Waals surface area (Å²) >= 11 is 0. The van der Waals surface area contributed by atoms with Gasteiger partial charge in [-0.3, -0.25) is 14.7 Å². The van der Waals surface area contributed by atoms with Gasteiger partial charge in [-0.2, -0.15) is 0 Å². The zero-order valence-corrected chi connectivity index (χ0v) is 13.4. The summed E-state index contributed by atoms with van der Waals surface area (Å²) in [6.07, 6.45) is 6.99. The number of imidazole rings is 1. The zero-order valence-electron chi connectivity index (χ0n) is 13.4. The van der Waals surface area contributed by atoms with Gasteiger partial charge in [-0.1, -0.05) is 0 Å². The average Bonchev–Trinajstić information content (AvgIpc) is 3.00. The van der Waals surface area contributed by atoms with E-state index in [1.54, 1.807) is 30.7 Å². The van der Waals surface area contributed by atoms with Crippen LogP contribution in [0.5, 0.6) is 5.75 Å². The molecule has 1 unspecified atom stereocenters. The highest BCUT2D eigenvalue weighted by atomic mass is 16.5. The van der Waals surface area contributed by atoms with Gasteiger partial charge in [0.05, 0.1) is 12.2 Å². The first-order chi connectivity index (χ1) is 11.1. The molecule has 1 aliphatic rings. The Bertz CT molecular complexity index is 658. The smallest absolute Gasteiger partial charge is 0.260 e. The molecule has 0 aliphatic carbocycles. The average molecular weight is 315 g/mol. The Balaban J connectivity index is 1.62. The molecule has 0 saturated carbocycles. The minimum atomic E-state index is -0.0128. The van der Waals surface area contributed by atoms with Gasteiger partial charge in [0.25, 0.3) is 5.91 Å². The van der Waals surface area contributed by atoms with Gasteiger partial charge < -0.3 is 14.2 Å². The lowest BCUT2D eigenvalue weighted by atomic mass is 10.1. The number of carbonyl (C=O) groups is 1. The molecule has 0 aromatic carbocycles. The Morgan fingerprint density at radius 1 is 1.35 bits per heavy atom. The van der Waals surface area contributed by atoms with Crippen molar-refractivity contribution < 1.29 is 9.53 Å². The molecule has 7 heteroatoms. The Morgan fingerprint density at radius 3 is 2.91 bits per heavy atom. The maximum Gasteiger partial charge on any atom is 0.260 e. The van der Waals surface area contributed by atoms with Crippen LogP contribution in [0.3, 0.4) is 0 Å². The van der Waals surface area contributed by atoms with E-state index < -0.39 is 0 Å². The number of piperazine rings is 1. The molecule has 1 aliphatic heterocycles. The van der Waals surface area contributed by atoms with E-state index in [9.17, 15) is 4.79 Å². The molecule has 7 nitrogen and oxygen atoms in total. The number of aryl methyl sites for hydroxylation is 1. The van der Waals surface area contributed by atoms with Crippen molar-refractivity contribution in [1.29, 1.82) is 0 Å². The molecule has 1 fully saturated rings. The molecule has 1 atom stereocenters. The third kappa shape index (κ3) is 3.50. The van der Waals surface area contributed by atoms with Crippen LogP contribution in [0, 0.1) is 0 Å². The molecule has 2 aromatic rings. The van der Waals surface area contributed by atoms with Crippen LogP contribution in [0.4, 0.5) is 0 Å². The number of carbonyl (C=O) groups excluding carboxylic acids is 1. The molecule has 3 rings (SSSR count). The summed E-state index contributed by atoms with van der Waals surface area (Å²) in [5.41, 5.74) is 0. The molecular formula is C16H21N5O2. The second-order valence-corrected chi connectivity index (χ2v) is 5.71. The Hall–Kier alpha value is -2.41. The summed E-state index contributed by atoms with van der Waals surface area (Å²) < 4.78 is 7.51. The quantitative estimate of drug-likeness (QED) is 0.831. The van der Waals surface area contributed by atoms with Crippen molar-refractivity contribution in [3.05, 3.63) is 42.7 Å². The topological polar surface area (TPSA) is 63.5 Å². The Kier molecular flexibility index (Phi) is 4.57. The van der Waals surface area contributed by atoms with Crippen molar-refractivity contribution in [2.75, 3.05) is 33.3 Å². The number of hydrogen-bond donors (Lipinski definition) is 0. The highest BCUT2D eigenvalue weighted by Gasteiger charge is 2.30. The SMILES string of the molecule is CN1CCN(C(=O)COc2cccnc2)CC1c1nccn1C. The predicted molar refractivity (Wildman–Crippen MR) is 84.9 cm³/mol. The summed E-state index contributed by atoms with van der Waals surface area (Å²) in [6, 6.07) is 3.68. The van der Waals surface area contributed by atoms with Gasteiger partial charge in [0.2, 0.25) is 0 Å². The Labute approximate surface area is 135 Å². The third-order valence-electron chi connectivity index (χ3n) is 4.15. The van der Waals surface area contributed by atoms with Gasteiger partial charge >= 0.3 is 0 Å². The van der Waals surface area contributed by atoms with E-state index in [1.165, 1.54) is 0 Å². The van der Waals surface area contributed by atoms with Crippen LogP contribution in [-0.4, -0.2) is 63.5 Å².